The van der Waals surface area contributed by atoms with Crippen molar-refractivity contribution >= 4 is 6.09 Å². The van der Waals surface area contributed by atoms with Crippen molar-refractivity contribution in [2.75, 3.05) is 7.11 Å². The first-order valence-corrected chi connectivity index (χ1v) is 11.3. The Labute approximate surface area is 179 Å². The summed E-state index contributed by atoms with van der Waals surface area (Å²) < 4.78 is 11.5. The van der Waals surface area contributed by atoms with E-state index in [2.05, 4.69) is 12.1 Å². The van der Waals surface area contributed by atoms with Crippen molar-refractivity contribution in [3.8, 4) is 5.75 Å². The molecule has 4 saturated carbocycles. The summed E-state index contributed by atoms with van der Waals surface area (Å²) in [4.78, 5) is 15.2. The molecule has 0 aromatic heterocycles. The number of carbonyl (C=O) groups is 1. The largest absolute Gasteiger partial charge is 0.497 e. The highest BCUT2D eigenvalue weighted by molar-refractivity contribution is 5.68. The Hall–Kier alpha value is -2.49. The third kappa shape index (κ3) is 4.05. The average molecular weight is 406 g/mol. The monoisotopic (exact) mass is 405 g/mol. The molecule has 4 aliphatic rings. The van der Waals surface area contributed by atoms with Crippen LogP contribution in [0.15, 0.2) is 54.6 Å². The minimum Gasteiger partial charge on any atom is -0.497 e. The molecular weight excluding hydrogens is 374 g/mol. The van der Waals surface area contributed by atoms with E-state index in [9.17, 15) is 4.79 Å². The van der Waals surface area contributed by atoms with E-state index in [1.807, 2.05) is 47.4 Å². The quantitative estimate of drug-likeness (QED) is 0.622. The predicted octanol–water partition coefficient (Wildman–Crippen LogP) is 5.66. The van der Waals surface area contributed by atoms with Crippen LogP contribution in [0.4, 0.5) is 4.79 Å². The predicted molar refractivity (Wildman–Crippen MR) is 116 cm³/mol. The van der Waals surface area contributed by atoms with E-state index in [0.29, 0.717) is 24.9 Å². The van der Waals surface area contributed by atoms with Crippen molar-refractivity contribution in [2.24, 2.45) is 23.7 Å². The van der Waals surface area contributed by atoms with Crippen LogP contribution in [0.5, 0.6) is 5.75 Å². The highest BCUT2D eigenvalue weighted by Crippen LogP contribution is 2.54. The lowest BCUT2D eigenvalue weighted by Gasteiger charge is -2.53. The van der Waals surface area contributed by atoms with E-state index in [1.165, 1.54) is 32.1 Å². The molecule has 4 bridgehead atoms. The molecule has 0 saturated heterocycles. The zero-order valence-corrected chi connectivity index (χ0v) is 17.7. The number of hydrogen-bond acceptors (Lipinski definition) is 3. The molecule has 4 nitrogen and oxygen atoms in total. The number of benzene rings is 2. The van der Waals surface area contributed by atoms with E-state index >= 15 is 0 Å². The fraction of sp³-hybridized carbons (Fsp3) is 0.500. The van der Waals surface area contributed by atoms with Gasteiger partial charge < -0.3 is 9.47 Å². The summed E-state index contributed by atoms with van der Waals surface area (Å²) in [6, 6.07) is 18.1. The molecule has 1 amide bonds. The van der Waals surface area contributed by atoms with Crippen molar-refractivity contribution < 1.29 is 14.3 Å². The van der Waals surface area contributed by atoms with Crippen LogP contribution in [0.1, 0.15) is 43.2 Å². The smallest absolute Gasteiger partial charge is 0.410 e. The molecule has 0 spiro atoms. The van der Waals surface area contributed by atoms with Gasteiger partial charge in [0, 0.05) is 13.1 Å². The van der Waals surface area contributed by atoms with Crippen LogP contribution in [0.2, 0.25) is 0 Å². The minimum absolute atomic E-state index is 0.111. The second-order valence-corrected chi connectivity index (χ2v) is 9.47. The van der Waals surface area contributed by atoms with E-state index < -0.39 is 0 Å². The van der Waals surface area contributed by atoms with Gasteiger partial charge in [0.25, 0.3) is 0 Å². The van der Waals surface area contributed by atoms with Gasteiger partial charge in [-0.05, 0) is 79.0 Å². The molecular formula is C26H31NO3. The Morgan fingerprint density at radius 2 is 1.40 bits per heavy atom. The molecule has 4 fully saturated rings. The van der Waals surface area contributed by atoms with Gasteiger partial charge in [-0.1, -0.05) is 42.5 Å². The fourth-order valence-corrected chi connectivity index (χ4v) is 6.20. The van der Waals surface area contributed by atoms with Crippen LogP contribution >= 0.6 is 0 Å². The van der Waals surface area contributed by atoms with Crippen molar-refractivity contribution in [3.05, 3.63) is 65.7 Å². The molecule has 30 heavy (non-hydrogen) atoms. The number of ether oxygens (including phenoxy) is 2. The summed E-state index contributed by atoms with van der Waals surface area (Å²) in [5.41, 5.74) is 2.20. The Morgan fingerprint density at radius 3 is 1.97 bits per heavy atom. The van der Waals surface area contributed by atoms with Crippen LogP contribution in [-0.4, -0.2) is 24.2 Å². The summed E-state index contributed by atoms with van der Waals surface area (Å²) >= 11 is 0. The summed E-state index contributed by atoms with van der Waals surface area (Å²) in [6.07, 6.45) is 6.35. The van der Waals surface area contributed by atoms with Gasteiger partial charge in [-0.2, -0.15) is 0 Å². The third-order valence-corrected chi connectivity index (χ3v) is 7.38. The van der Waals surface area contributed by atoms with Gasteiger partial charge >= 0.3 is 6.09 Å². The zero-order chi connectivity index (χ0) is 20.5. The van der Waals surface area contributed by atoms with Crippen molar-refractivity contribution in [3.63, 3.8) is 0 Å². The Balaban J connectivity index is 1.31. The molecule has 0 N–H and O–H groups in total. The number of nitrogens with zero attached hydrogens (tertiary/aromatic N) is 1. The lowest BCUT2D eigenvalue weighted by atomic mass is 9.55. The van der Waals surface area contributed by atoms with E-state index in [-0.39, 0.29) is 12.2 Å². The summed E-state index contributed by atoms with van der Waals surface area (Å²) in [7, 11) is 1.67. The van der Waals surface area contributed by atoms with Gasteiger partial charge in [0.15, 0.2) is 0 Å². The molecule has 2 aromatic carbocycles. The van der Waals surface area contributed by atoms with Crippen LogP contribution in [0, 0.1) is 23.7 Å². The molecule has 6 rings (SSSR count). The Morgan fingerprint density at radius 1 is 0.833 bits per heavy atom. The number of hydrogen-bond donors (Lipinski definition) is 0. The first-order chi connectivity index (χ1) is 14.7. The standard InChI is InChI=1S/C26H31NO3/c1-29-24-9-7-19(8-10-24)17-27(16-18-5-3-2-4-6-18)26(28)30-25-22-12-20-11-21(14-22)15-23(25)13-20/h2-10,20-23,25H,11-17H2,1H3. The first-order valence-electron chi connectivity index (χ1n) is 11.3. The maximum Gasteiger partial charge on any atom is 0.410 e. The number of rotatable bonds is 6. The average Bonchev–Trinajstić information content (AvgIpc) is 2.76. The van der Waals surface area contributed by atoms with E-state index in [4.69, 9.17) is 9.47 Å². The SMILES string of the molecule is COc1ccc(CN(Cc2ccccc2)C(=O)OC2C3CC4CC(C3)CC2C4)cc1. The lowest BCUT2D eigenvalue weighted by Crippen LogP contribution is -2.51. The summed E-state index contributed by atoms with van der Waals surface area (Å²) in [5, 5.41) is 0. The van der Waals surface area contributed by atoms with Gasteiger partial charge in [0.2, 0.25) is 0 Å². The molecule has 0 unspecified atom stereocenters. The maximum atomic E-state index is 13.3. The molecule has 2 aromatic rings. The van der Waals surface area contributed by atoms with Crippen LogP contribution in [0.3, 0.4) is 0 Å². The topological polar surface area (TPSA) is 38.8 Å². The molecule has 0 heterocycles. The molecule has 0 aliphatic heterocycles. The van der Waals surface area contributed by atoms with Gasteiger partial charge in [-0.15, -0.1) is 0 Å². The lowest BCUT2D eigenvalue weighted by molar-refractivity contribution is -0.103. The molecule has 4 aliphatic carbocycles. The van der Waals surface area contributed by atoms with Crippen molar-refractivity contribution in [1.82, 2.24) is 4.90 Å². The molecule has 4 heteroatoms. The van der Waals surface area contributed by atoms with Crippen LogP contribution < -0.4 is 4.74 Å². The maximum absolute atomic E-state index is 13.3. The third-order valence-electron chi connectivity index (χ3n) is 7.38. The second-order valence-electron chi connectivity index (χ2n) is 9.47. The highest BCUT2D eigenvalue weighted by atomic mass is 16.6. The number of amides is 1. The second kappa shape index (κ2) is 8.33. The van der Waals surface area contributed by atoms with Gasteiger partial charge in [-0.3, -0.25) is 4.90 Å². The van der Waals surface area contributed by atoms with Crippen LogP contribution in [-0.2, 0) is 17.8 Å². The van der Waals surface area contributed by atoms with Gasteiger partial charge in [-0.25, -0.2) is 4.79 Å². The number of carbonyl (C=O) groups excluding carboxylic acids is 1. The molecule has 0 atom stereocenters. The summed E-state index contributed by atoms with van der Waals surface area (Å²) in [5.74, 6) is 3.73. The van der Waals surface area contributed by atoms with Crippen molar-refractivity contribution in [1.29, 1.82) is 0 Å². The Kier molecular flexibility index (Phi) is 5.41. The van der Waals surface area contributed by atoms with Gasteiger partial charge in [0.05, 0.1) is 7.11 Å². The van der Waals surface area contributed by atoms with Crippen LogP contribution in [0.25, 0.3) is 0 Å². The number of methoxy groups -OCH3 is 1. The normalized spacial score (nSPS) is 28.9. The zero-order valence-electron chi connectivity index (χ0n) is 17.7. The van der Waals surface area contributed by atoms with E-state index in [0.717, 1.165) is 28.7 Å². The molecule has 0 radical (unpaired) electrons. The van der Waals surface area contributed by atoms with Crippen molar-refractivity contribution in [2.45, 2.75) is 51.3 Å². The highest BCUT2D eigenvalue weighted by Gasteiger charge is 2.50. The van der Waals surface area contributed by atoms with E-state index in [1.54, 1.807) is 7.11 Å². The fourth-order valence-electron chi connectivity index (χ4n) is 6.20. The Bertz CT molecular complexity index is 836. The minimum atomic E-state index is -0.174. The first kappa shape index (κ1) is 19.5. The van der Waals surface area contributed by atoms with Gasteiger partial charge in [0.1, 0.15) is 11.9 Å². The summed E-state index contributed by atoms with van der Waals surface area (Å²) in [6.45, 7) is 1.09. The molecule has 158 valence electrons.